The van der Waals surface area contributed by atoms with Crippen LogP contribution in [0, 0.1) is 6.92 Å². The standard InChI is InChI=1S/C15H17NO3/c1-11-3-2-4-14(7-11)19-10-13(8-15(17)18)12-5-6-16-9-12/h2-7,9,13,16H,8,10H2,1H3,(H,17,18). The Labute approximate surface area is 112 Å². The van der Waals surface area contributed by atoms with E-state index in [2.05, 4.69) is 4.98 Å². The van der Waals surface area contributed by atoms with Crippen LogP contribution in [0.4, 0.5) is 0 Å². The zero-order valence-corrected chi connectivity index (χ0v) is 10.8. The molecule has 1 aromatic heterocycles. The summed E-state index contributed by atoms with van der Waals surface area (Å²) in [4.78, 5) is 13.8. The number of carboxylic acids is 1. The van der Waals surface area contributed by atoms with E-state index < -0.39 is 5.97 Å². The molecule has 4 heteroatoms. The first kappa shape index (κ1) is 13.2. The Bertz CT molecular complexity index is 534. The Hall–Kier alpha value is -2.23. The summed E-state index contributed by atoms with van der Waals surface area (Å²) in [5.41, 5.74) is 2.07. The van der Waals surface area contributed by atoms with Crippen molar-refractivity contribution in [3.8, 4) is 5.75 Å². The lowest BCUT2D eigenvalue weighted by atomic mass is 9.99. The summed E-state index contributed by atoms with van der Waals surface area (Å²) in [6.07, 6.45) is 3.66. The van der Waals surface area contributed by atoms with E-state index in [0.717, 1.165) is 16.9 Å². The maximum atomic E-state index is 10.9. The first-order chi connectivity index (χ1) is 9.15. The van der Waals surface area contributed by atoms with E-state index in [9.17, 15) is 4.79 Å². The number of aryl methyl sites for hydroxylation is 1. The van der Waals surface area contributed by atoms with Gasteiger partial charge in [-0.3, -0.25) is 4.79 Å². The summed E-state index contributed by atoms with van der Waals surface area (Å²) in [5, 5.41) is 8.96. The zero-order chi connectivity index (χ0) is 13.7. The van der Waals surface area contributed by atoms with E-state index in [1.165, 1.54) is 0 Å². The molecule has 100 valence electrons. The number of hydrogen-bond donors (Lipinski definition) is 2. The minimum absolute atomic E-state index is 0.0592. The number of rotatable bonds is 6. The van der Waals surface area contributed by atoms with Crippen molar-refractivity contribution in [3.05, 3.63) is 53.9 Å². The Morgan fingerprint density at radius 1 is 1.42 bits per heavy atom. The maximum Gasteiger partial charge on any atom is 0.304 e. The molecule has 1 heterocycles. The second kappa shape index (κ2) is 6.09. The summed E-state index contributed by atoms with van der Waals surface area (Å²) in [6.45, 7) is 2.35. The molecule has 0 aliphatic rings. The molecule has 1 unspecified atom stereocenters. The number of carboxylic acid groups (broad SMARTS) is 1. The third-order valence-corrected chi connectivity index (χ3v) is 2.96. The predicted molar refractivity (Wildman–Crippen MR) is 72.5 cm³/mol. The van der Waals surface area contributed by atoms with Gasteiger partial charge in [-0.25, -0.2) is 0 Å². The third-order valence-electron chi connectivity index (χ3n) is 2.96. The molecule has 0 aliphatic heterocycles. The van der Waals surface area contributed by atoms with E-state index >= 15 is 0 Å². The van der Waals surface area contributed by atoms with Crippen LogP contribution in [0.25, 0.3) is 0 Å². The van der Waals surface area contributed by atoms with Crippen molar-refractivity contribution < 1.29 is 14.6 Å². The monoisotopic (exact) mass is 259 g/mol. The van der Waals surface area contributed by atoms with Crippen LogP contribution in [-0.4, -0.2) is 22.7 Å². The fourth-order valence-corrected chi connectivity index (χ4v) is 1.98. The second-order valence-corrected chi connectivity index (χ2v) is 4.57. The molecule has 2 N–H and O–H groups in total. The van der Waals surface area contributed by atoms with Crippen LogP contribution in [0.3, 0.4) is 0 Å². The zero-order valence-electron chi connectivity index (χ0n) is 10.8. The van der Waals surface area contributed by atoms with Gasteiger partial charge in [0, 0.05) is 18.3 Å². The smallest absolute Gasteiger partial charge is 0.304 e. The highest BCUT2D eigenvalue weighted by molar-refractivity contribution is 5.68. The topological polar surface area (TPSA) is 62.3 Å². The van der Waals surface area contributed by atoms with Crippen LogP contribution in [-0.2, 0) is 4.79 Å². The van der Waals surface area contributed by atoms with E-state index in [1.54, 1.807) is 6.20 Å². The summed E-state index contributed by atoms with van der Waals surface area (Å²) in [7, 11) is 0. The number of carbonyl (C=O) groups is 1. The van der Waals surface area contributed by atoms with E-state index in [1.807, 2.05) is 43.5 Å². The van der Waals surface area contributed by atoms with Gasteiger partial charge in [-0.05, 0) is 36.2 Å². The number of aromatic nitrogens is 1. The van der Waals surface area contributed by atoms with Gasteiger partial charge in [-0.15, -0.1) is 0 Å². The summed E-state index contributed by atoms with van der Waals surface area (Å²) < 4.78 is 5.70. The molecule has 4 nitrogen and oxygen atoms in total. The summed E-state index contributed by atoms with van der Waals surface area (Å²) in [6, 6.07) is 9.62. The number of nitrogens with one attached hydrogen (secondary N) is 1. The van der Waals surface area contributed by atoms with Gasteiger partial charge in [0.25, 0.3) is 0 Å². The van der Waals surface area contributed by atoms with Crippen LogP contribution >= 0.6 is 0 Å². The summed E-state index contributed by atoms with van der Waals surface area (Å²) in [5.74, 6) is -0.200. The molecule has 2 rings (SSSR count). The first-order valence-corrected chi connectivity index (χ1v) is 6.19. The molecule has 1 atom stereocenters. The lowest BCUT2D eigenvalue weighted by Crippen LogP contribution is -2.14. The highest BCUT2D eigenvalue weighted by Gasteiger charge is 2.17. The molecule has 0 saturated heterocycles. The predicted octanol–water partition coefficient (Wildman–Crippen LogP) is 2.96. The summed E-state index contributed by atoms with van der Waals surface area (Å²) >= 11 is 0. The molecular formula is C15H17NO3. The van der Waals surface area contributed by atoms with Crippen LogP contribution in [0.15, 0.2) is 42.7 Å². The van der Waals surface area contributed by atoms with Gasteiger partial charge >= 0.3 is 5.97 Å². The highest BCUT2D eigenvalue weighted by atomic mass is 16.5. The SMILES string of the molecule is Cc1cccc(OCC(CC(=O)O)c2cc[nH]c2)c1. The average molecular weight is 259 g/mol. The fraction of sp³-hybridized carbons (Fsp3) is 0.267. The average Bonchev–Trinajstić information content (AvgIpc) is 2.88. The fourth-order valence-electron chi connectivity index (χ4n) is 1.98. The van der Waals surface area contributed by atoms with Crippen LogP contribution in [0.2, 0.25) is 0 Å². The number of ether oxygens (including phenoxy) is 1. The molecule has 0 aliphatic carbocycles. The van der Waals surface area contributed by atoms with Gasteiger partial charge in [0.2, 0.25) is 0 Å². The molecular weight excluding hydrogens is 242 g/mol. The molecule has 0 radical (unpaired) electrons. The first-order valence-electron chi connectivity index (χ1n) is 6.19. The van der Waals surface area contributed by atoms with Gasteiger partial charge in [0.05, 0.1) is 13.0 Å². The largest absolute Gasteiger partial charge is 0.493 e. The van der Waals surface area contributed by atoms with Crippen LogP contribution in [0.1, 0.15) is 23.5 Å². The molecule has 0 fully saturated rings. The molecule has 0 bridgehead atoms. The molecule has 0 saturated carbocycles. The minimum atomic E-state index is -0.820. The Morgan fingerprint density at radius 2 is 2.26 bits per heavy atom. The third kappa shape index (κ3) is 3.88. The van der Waals surface area contributed by atoms with Crippen LogP contribution in [0.5, 0.6) is 5.75 Å². The molecule has 1 aromatic carbocycles. The lowest BCUT2D eigenvalue weighted by Gasteiger charge is -2.15. The van der Waals surface area contributed by atoms with E-state index in [0.29, 0.717) is 6.61 Å². The number of benzene rings is 1. The van der Waals surface area contributed by atoms with Gasteiger partial charge in [-0.1, -0.05) is 12.1 Å². The Morgan fingerprint density at radius 3 is 2.89 bits per heavy atom. The Kier molecular flexibility index (Phi) is 4.23. The van der Waals surface area contributed by atoms with Gasteiger partial charge in [0.15, 0.2) is 0 Å². The Balaban J connectivity index is 2.02. The molecule has 19 heavy (non-hydrogen) atoms. The normalized spacial score (nSPS) is 12.1. The maximum absolute atomic E-state index is 10.9. The molecule has 0 spiro atoms. The lowest BCUT2D eigenvalue weighted by molar-refractivity contribution is -0.137. The van der Waals surface area contributed by atoms with Crippen LogP contribution < -0.4 is 4.74 Å². The van der Waals surface area contributed by atoms with Crippen molar-refractivity contribution in [2.24, 2.45) is 0 Å². The van der Waals surface area contributed by atoms with Gasteiger partial charge < -0.3 is 14.8 Å². The quantitative estimate of drug-likeness (QED) is 0.838. The highest BCUT2D eigenvalue weighted by Crippen LogP contribution is 2.21. The van der Waals surface area contributed by atoms with Gasteiger partial charge in [0.1, 0.15) is 5.75 Å². The van der Waals surface area contributed by atoms with Crippen molar-refractivity contribution in [1.29, 1.82) is 0 Å². The number of hydrogen-bond acceptors (Lipinski definition) is 2. The number of aromatic amines is 1. The van der Waals surface area contributed by atoms with Gasteiger partial charge in [-0.2, -0.15) is 0 Å². The number of H-pyrrole nitrogens is 1. The number of aliphatic carboxylic acids is 1. The van der Waals surface area contributed by atoms with Crippen molar-refractivity contribution in [2.75, 3.05) is 6.61 Å². The van der Waals surface area contributed by atoms with Crippen molar-refractivity contribution >= 4 is 5.97 Å². The minimum Gasteiger partial charge on any atom is -0.493 e. The molecule has 2 aromatic rings. The van der Waals surface area contributed by atoms with Crippen molar-refractivity contribution in [2.45, 2.75) is 19.3 Å². The van der Waals surface area contributed by atoms with E-state index in [-0.39, 0.29) is 12.3 Å². The second-order valence-electron chi connectivity index (χ2n) is 4.57. The van der Waals surface area contributed by atoms with Crippen molar-refractivity contribution in [3.63, 3.8) is 0 Å². The van der Waals surface area contributed by atoms with Crippen molar-refractivity contribution in [1.82, 2.24) is 4.98 Å². The van der Waals surface area contributed by atoms with E-state index in [4.69, 9.17) is 9.84 Å². The molecule has 0 amide bonds.